The van der Waals surface area contributed by atoms with Crippen LogP contribution in [-0.4, -0.2) is 16.4 Å². The summed E-state index contributed by atoms with van der Waals surface area (Å²) in [6.45, 7) is 0.368. The number of para-hydroxylation sites is 1. The van der Waals surface area contributed by atoms with Gasteiger partial charge in [0.25, 0.3) is 0 Å². The molecule has 2 aromatic carbocycles. The summed E-state index contributed by atoms with van der Waals surface area (Å²) in [5.41, 5.74) is 1.40. The number of nitrogens with zero attached hydrogens (tertiary/aromatic N) is 1. The average Bonchev–Trinajstić information content (AvgIpc) is 2.34. The molecule has 0 aliphatic carbocycles. The van der Waals surface area contributed by atoms with Crippen molar-refractivity contribution in [1.29, 1.82) is 0 Å². The Bertz CT molecular complexity index is 582. The first-order valence-corrected chi connectivity index (χ1v) is 6.21. The molecule has 0 bridgehead atoms. The first-order chi connectivity index (χ1) is 8.66. The zero-order valence-electron chi connectivity index (χ0n) is 9.55. The molecule has 3 nitrogen and oxygen atoms in total. The Balaban J connectivity index is 2.10. The zero-order chi connectivity index (χ0) is 13.0. The molecule has 0 aliphatic rings. The quantitative estimate of drug-likeness (QED) is 0.853. The van der Waals surface area contributed by atoms with Crippen molar-refractivity contribution in [3.8, 4) is 11.5 Å². The van der Waals surface area contributed by atoms with Gasteiger partial charge in [0.05, 0.1) is 6.54 Å². The normalized spacial score (nSPS) is 10.9. The number of hydrogen-bond donors (Lipinski definition) is 2. The number of halogens is 1. The number of benzene rings is 2. The van der Waals surface area contributed by atoms with E-state index in [0.29, 0.717) is 12.1 Å². The van der Waals surface area contributed by atoms with Gasteiger partial charge >= 0.3 is 0 Å². The van der Waals surface area contributed by atoms with Crippen molar-refractivity contribution in [2.24, 2.45) is 4.99 Å². The van der Waals surface area contributed by atoms with Crippen LogP contribution in [0.15, 0.2) is 51.9 Å². The van der Waals surface area contributed by atoms with Crippen molar-refractivity contribution < 1.29 is 10.2 Å². The maximum absolute atomic E-state index is 9.69. The third-order valence-electron chi connectivity index (χ3n) is 2.48. The standard InChI is InChI=1S/C14H12BrNO2/c15-12-6-5-11(14(18)7-12)9-16-8-10-3-1-2-4-13(10)17/h1-8,17-18H,9H2. The predicted molar refractivity (Wildman–Crippen MR) is 75.2 cm³/mol. The molecule has 0 amide bonds. The van der Waals surface area contributed by atoms with Crippen LogP contribution in [0.1, 0.15) is 11.1 Å². The van der Waals surface area contributed by atoms with Gasteiger partial charge in [0, 0.05) is 21.8 Å². The van der Waals surface area contributed by atoms with Gasteiger partial charge in [-0.15, -0.1) is 0 Å². The molecule has 92 valence electrons. The van der Waals surface area contributed by atoms with Crippen molar-refractivity contribution in [1.82, 2.24) is 0 Å². The highest BCUT2D eigenvalue weighted by Crippen LogP contribution is 2.23. The number of aliphatic imine (C=N–C) groups is 1. The molecular weight excluding hydrogens is 294 g/mol. The van der Waals surface area contributed by atoms with Crippen molar-refractivity contribution in [2.75, 3.05) is 0 Å². The second kappa shape index (κ2) is 5.69. The van der Waals surface area contributed by atoms with Crippen LogP contribution < -0.4 is 0 Å². The molecular formula is C14H12BrNO2. The maximum Gasteiger partial charge on any atom is 0.124 e. The predicted octanol–water partition coefficient (Wildman–Crippen LogP) is 3.48. The first-order valence-electron chi connectivity index (χ1n) is 5.42. The summed E-state index contributed by atoms with van der Waals surface area (Å²) >= 11 is 3.28. The minimum atomic E-state index is 0.196. The molecule has 0 aromatic heterocycles. The second-order valence-electron chi connectivity index (χ2n) is 3.80. The van der Waals surface area contributed by atoms with Crippen molar-refractivity contribution in [3.05, 3.63) is 58.1 Å². The highest BCUT2D eigenvalue weighted by Gasteiger charge is 2.00. The van der Waals surface area contributed by atoms with Gasteiger partial charge in [-0.05, 0) is 24.3 Å². The number of hydrogen-bond acceptors (Lipinski definition) is 3. The van der Waals surface area contributed by atoms with E-state index in [4.69, 9.17) is 0 Å². The molecule has 0 unspecified atom stereocenters. The molecule has 0 heterocycles. The lowest BCUT2D eigenvalue weighted by Gasteiger charge is -2.02. The maximum atomic E-state index is 9.69. The molecule has 0 radical (unpaired) electrons. The van der Waals surface area contributed by atoms with Crippen LogP contribution in [0.3, 0.4) is 0 Å². The van der Waals surface area contributed by atoms with Crippen molar-refractivity contribution in [2.45, 2.75) is 6.54 Å². The Kier molecular flexibility index (Phi) is 3.99. The Labute approximate surface area is 114 Å². The molecule has 0 fully saturated rings. The Morgan fingerprint density at radius 2 is 1.83 bits per heavy atom. The van der Waals surface area contributed by atoms with Gasteiger partial charge in [-0.25, -0.2) is 0 Å². The topological polar surface area (TPSA) is 52.8 Å². The summed E-state index contributed by atoms with van der Waals surface area (Å²) in [4.78, 5) is 4.20. The molecule has 18 heavy (non-hydrogen) atoms. The van der Waals surface area contributed by atoms with Crippen LogP contribution in [0, 0.1) is 0 Å². The van der Waals surface area contributed by atoms with Gasteiger partial charge in [0.2, 0.25) is 0 Å². The molecule has 0 saturated heterocycles. The average molecular weight is 306 g/mol. The van der Waals surface area contributed by atoms with Gasteiger partial charge in [-0.3, -0.25) is 4.99 Å². The fourth-order valence-electron chi connectivity index (χ4n) is 1.51. The van der Waals surface area contributed by atoms with Gasteiger partial charge in [-0.1, -0.05) is 34.1 Å². The Morgan fingerprint density at radius 1 is 1.06 bits per heavy atom. The smallest absolute Gasteiger partial charge is 0.124 e. The van der Waals surface area contributed by atoms with Gasteiger partial charge in [-0.2, -0.15) is 0 Å². The number of aromatic hydroxyl groups is 2. The van der Waals surface area contributed by atoms with Crippen LogP contribution in [0.4, 0.5) is 0 Å². The molecule has 0 atom stereocenters. The van der Waals surface area contributed by atoms with Gasteiger partial charge in [0.1, 0.15) is 11.5 Å². The van der Waals surface area contributed by atoms with E-state index < -0.39 is 0 Å². The minimum absolute atomic E-state index is 0.196. The van der Waals surface area contributed by atoms with E-state index in [-0.39, 0.29) is 11.5 Å². The lowest BCUT2D eigenvalue weighted by atomic mass is 10.2. The van der Waals surface area contributed by atoms with Gasteiger partial charge in [0.15, 0.2) is 0 Å². The van der Waals surface area contributed by atoms with E-state index in [2.05, 4.69) is 20.9 Å². The summed E-state index contributed by atoms with van der Waals surface area (Å²) < 4.78 is 0.827. The van der Waals surface area contributed by atoms with E-state index in [1.807, 2.05) is 18.2 Å². The number of phenols is 2. The van der Waals surface area contributed by atoms with E-state index in [1.165, 1.54) is 0 Å². The lowest BCUT2D eigenvalue weighted by molar-refractivity contribution is 0.468. The SMILES string of the molecule is Oc1ccccc1C=NCc1ccc(Br)cc1O. The highest BCUT2D eigenvalue weighted by molar-refractivity contribution is 9.10. The lowest BCUT2D eigenvalue weighted by Crippen LogP contribution is -1.86. The first kappa shape index (κ1) is 12.6. The molecule has 2 rings (SSSR count). The number of phenolic OH excluding ortho intramolecular Hbond substituents is 2. The van der Waals surface area contributed by atoms with Crippen LogP contribution in [0.25, 0.3) is 0 Å². The number of rotatable bonds is 3. The summed E-state index contributed by atoms with van der Waals surface area (Å²) in [6, 6.07) is 12.3. The fraction of sp³-hybridized carbons (Fsp3) is 0.0714. The van der Waals surface area contributed by atoms with E-state index in [9.17, 15) is 10.2 Å². The molecule has 2 aromatic rings. The van der Waals surface area contributed by atoms with Crippen LogP contribution in [0.2, 0.25) is 0 Å². The highest BCUT2D eigenvalue weighted by atomic mass is 79.9. The molecule has 4 heteroatoms. The Morgan fingerprint density at radius 3 is 2.56 bits per heavy atom. The molecule has 0 saturated carbocycles. The summed E-state index contributed by atoms with van der Waals surface area (Å²) in [6.07, 6.45) is 1.59. The monoisotopic (exact) mass is 305 g/mol. The van der Waals surface area contributed by atoms with Crippen molar-refractivity contribution in [3.63, 3.8) is 0 Å². The van der Waals surface area contributed by atoms with Crippen LogP contribution in [0.5, 0.6) is 11.5 Å². The summed E-state index contributed by atoms with van der Waals surface area (Å²) in [7, 11) is 0. The largest absolute Gasteiger partial charge is 0.508 e. The molecule has 0 aliphatic heterocycles. The molecule has 0 spiro atoms. The van der Waals surface area contributed by atoms with Gasteiger partial charge < -0.3 is 10.2 Å². The summed E-state index contributed by atoms with van der Waals surface area (Å²) in [5.74, 6) is 0.403. The van der Waals surface area contributed by atoms with Crippen LogP contribution >= 0.6 is 15.9 Å². The van der Waals surface area contributed by atoms with E-state index >= 15 is 0 Å². The fourth-order valence-corrected chi connectivity index (χ4v) is 1.86. The summed E-state index contributed by atoms with van der Waals surface area (Å²) in [5, 5.41) is 19.2. The third kappa shape index (κ3) is 3.11. The second-order valence-corrected chi connectivity index (χ2v) is 4.72. The van der Waals surface area contributed by atoms with Crippen molar-refractivity contribution >= 4 is 22.1 Å². The van der Waals surface area contributed by atoms with Crippen LogP contribution in [-0.2, 0) is 6.54 Å². The Hall–Kier alpha value is -1.81. The van der Waals surface area contributed by atoms with E-state index in [0.717, 1.165) is 10.0 Å². The zero-order valence-corrected chi connectivity index (χ0v) is 11.1. The molecule has 2 N–H and O–H groups in total. The third-order valence-corrected chi connectivity index (χ3v) is 2.97. The minimum Gasteiger partial charge on any atom is -0.508 e. The van der Waals surface area contributed by atoms with E-state index in [1.54, 1.807) is 30.5 Å².